The molecule has 0 spiro atoms. The van der Waals surface area contributed by atoms with Crippen molar-refractivity contribution in [2.24, 2.45) is 5.92 Å². The highest BCUT2D eigenvalue weighted by molar-refractivity contribution is 6.03. The van der Waals surface area contributed by atoms with Crippen LogP contribution in [0.2, 0.25) is 0 Å². The molecule has 2 aliphatic rings. The van der Waals surface area contributed by atoms with E-state index in [1.165, 1.54) is 12.8 Å². The van der Waals surface area contributed by atoms with Crippen molar-refractivity contribution in [3.05, 3.63) is 76.7 Å². The van der Waals surface area contributed by atoms with Crippen molar-refractivity contribution in [2.45, 2.75) is 25.3 Å². The lowest BCUT2D eigenvalue weighted by Crippen LogP contribution is -2.37. The van der Waals surface area contributed by atoms with Crippen LogP contribution in [0.1, 0.15) is 29.6 Å². The third-order valence-electron chi connectivity index (χ3n) is 6.62. The summed E-state index contributed by atoms with van der Waals surface area (Å²) in [5.74, 6) is 0.884. The number of carbonyl (C=O) groups excluding carboxylic acids is 1. The van der Waals surface area contributed by atoms with Crippen molar-refractivity contribution in [2.75, 3.05) is 6.54 Å². The first-order valence-electron chi connectivity index (χ1n) is 10.5. The minimum Gasteiger partial charge on any atom is -0.335 e. The standard InChI is InChI=1S/C25H21N3O2/c29-24-22-9-6-16(12-19(22)14-26-27-24)20-5-1-3-15-11-18(7-8-21(15)20)25(30)28-10-2-4-17-13-23(17)28/h1,3,5-9,11-12,14,17,23H,2,4,10,13H2,(H,27,29). The molecule has 0 bridgehead atoms. The van der Waals surface area contributed by atoms with Crippen LogP contribution in [0.5, 0.6) is 0 Å². The van der Waals surface area contributed by atoms with Gasteiger partial charge in [-0.2, -0.15) is 5.10 Å². The third-order valence-corrected chi connectivity index (χ3v) is 6.62. The van der Waals surface area contributed by atoms with Gasteiger partial charge in [-0.3, -0.25) is 9.59 Å². The van der Waals surface area contributed by atoms with Crippen LogP contribution in [-0.4, -0.2) is 33.6 Å². The smallest absolute Gasteiger partial charge is 0.272 e. The van der Waals surface area contributed by atoms with E-state index in [2.05, 4.69) is 27.2 Å². The first-order chi connectivity index (χ1) is 14.7. The maximum absolute atomic E-state index is 13.1. The average molecular weight is 395 g/mol. The summed E-state index contributed by atoms with van der Waals surface area (Å²) in [5, 5.41) is 9.96. The second-order valence-corrected chi connectivity index (χ2v) is 8.45. The summed E-state index contributed by atoms with van der Waals surface area (Å²) < 4.78 is 0. The van der Waals surface area contributed by atoms with E-state index < -0.39 is 0 Å². The van der Waals surface area contributed by atoms with Gasteiger partial charge in [-0.1, -0.05) is 30.3 Å². The Morgan fingerprint density at radius 2 is 1.93 bits per heavy atom. The number of H-pyrrole nitrogens is 1. The van der Waals surface area contributed by atoms with Gasteiger partial charge >= 0.3 is 0 Å². The molecule has 1 amide bonds. The lowest BCUT2D eigenvalue weighted by molar-refractivity contribution is 0.0706. The largest absolute Gasteiger partial charge is 0.335 e. The summed E-state index contributed by atoms with van der Waals surface area (Å²) in [6.07, 6.45) is 5.22. The van der Waals surface area contributed by atoms with Gasteiger partial charge in [0.15, 0.2) is 0 Å². The Bertz CT molecular complexity index is 1370. The van der Waals surface area contributed by atoms with Crippen molar-refractivity contribution in [1.82, 2.24) is 15.1 Å². The van der Waals surface area contributed by atoms with Crippen molar-refractivity contribution in [3.63, 3.8) is 0 Å². The SMILES string of the molecule is O=C(c1ccc2c(-c3ccc4c(=O)[nH]ncc4c3)cccc2c1)N1CCCC2CC21. The summed E-state index contributed by atoms with van der Waals surface area (Å²) in [5.41, 5.74) is 2.68. The zero-order valence-corrected chi connectivity index (χ0v) is 16.5. The molecule has 5 nitrogen and oxygen atoms in total. The number of amides is 1. The van der Waals surface area contributed by atoms with Crippen LogP contribution < -0.4 is 5.56 Å². The zero-order valence-electron chi connectivity index (χ0n) is 16.5. The Labute approximate surface area is 173 Å². The minimum atomic E-state index is -0.185. The maximum Gasteiger partial charge on any atom is 0.272 e. The van der Waals surface area contributed by atoms with Crippen LogP contribution in [0.15, 0.2) is 65.6 Å². The third kappa shape index (κ3) is 2.73. The van der Waals surface area contributed by atoms with Crippen molar-refractivity contribution in [1.29, 1.82) is 0 Å². The van der Waals surface area contributed by atoms with Crippen molar-refractivity contribution < 1.29 is 4.79 Å². The van der Waals surface area contributed by atoms with Gasteiger partial charge in [0, 0.05) is 23.5 Å². The molecule has 1 aromatic heterocycles. The fourth-order valence-corrected chi connectivity index (χ4v) is 4.96. The van der Waals surface area contributed by atoms with Gasteiger partial charge in [0.2, 0.25) is 0 Å². The number of aromatic amines is 1. The van der Waals surface area contributed by atoms with E-state index in [4.69, 9.17) is 0 Å². The second-order valence-electron chi connectivity index (χ2n) is 8.45. The van der Waals surface area contributed by atoms with Crippen LogP contribution in [-0.2, 0) is 0 Å². The lowest BCUT2D eigenvalue weighted by atomic mass is 9.95. The number of hydrogen-bond acceptors (Lipinski definition) is 3. The minimum absolute atomic E-state index is 0.158. The summed E-state index contributed by atoms with van der Waals surface area (Å²) in [6.45, 7) is 0.877. The predicted octanol–water partition coefficient (Wildman–Crippen LogP) is 4.37. The van der Waals surface area contributed by atoms with E-state index in [-0.39, 0.29) is 11.5 Å². The predicted molar refractivity (Wildman–Crippen MR) is 117 cm³/mol. The maximum atomic E-state index is 13.1. The molecule has 4 aromatic rings. The van der Waals surface area contributed by atoms with Crippen LogP contribution in [0.3, 0.4) is 0 Å². The average Bonchev–Trinajstić information content (AvgIpc) is 3.58. The van der Waals surface area contributed by atoms with Crippen LogP contribution >= 0.6 is 0 Å². The molecule has 3 aromatic carbocycles. The number of rotatable bonds is 2. The molecule has 2 atom stereocenters. The fraction of sp³-hybridized carbons (Fsp3) is 0.240. The molecule has 148 valence electrons. The number of hydrogen-bond donors (Lipinski definition) is 1. The highest BCUT2D eigenvalue weighted by Crippen LogP contribution is 2.43. The molecule has 2 unspecified atom stereocenters. The van der Waals surface area contributed by atoms with E-state index in [0.29, 0.717) is 11.4 Å². The zero-order chi connectivity index (χ0) is 20.2. The number of carbonyl (C=O) groups is 1. The number of nitrogens with zero attached hydrogens (tertiary/aromatic N) is 2. The number of fused-ring (bicyclic) bond motifs is 3. The molecule has 1 saturated carbocycles. The summed E-state index contributed by atoms with van der Waals surface area (Å²) in [7, 11) is 0. The van der Waals surface area contributed by atoms with Crippen LogP contribution in [0.4, 0.5) is 0 Å². The van der Waals surface area contributed by atoms with E-state index in [1.807, 2.05) is 42.5 Å². The van der Waals surface area contributed by atoms with Crippen molar-refractivity contribution >= 4 is 27.5 Å². The molecule has 2 heterocycles. The summed E-state index contributed by atoms with van der Waals surface area (Å²) >= 11 is 0. The van der Waals surface area contributed by atoms with Gasteiger partial charge in [-0.25, -0.2) is 5.10 Å². The molecule has 2 fully saturated rings. The number of benzene rings is 3. The fourth-order valence-electron chi connectivity index (χ4n) is 4.96. The molecule has 1 N–H and O–H groups in total. The Hall–Kier alpha value is -3.47. The second kappa shape index (κ2) is 6.52. The van der Waals surface area contributed by atoms with Crippen LogP contribution in [0.25, 0.3) is 32.7 Å². The highest BCUT2D eigenvalue weighted by Gasteiger charge is 2.46. The topological polar surface area (TPSA) is 66.1 Å². The molecule has 0 radical (unpaired) electrons. The molecular weight excluding hydrogens is 374 g/mol. The van der Waals surface area contributed by atoms with Gasteiger partial charge in [-0.05, 0) is 71.3 Å². The molecule has 1 aliphatic heterocycles. The summed E-state index contributed by atoms with van der Waals surface area (Å²) in [4.78, 5) is 27.1. The first-order valence-corrected chi connectivity index (χ1v) is 10.5. The van der Waals surface area contributed by atoms with Crippen LogP contribution in [0, 0.1) is 5.92 Å². The monoisotopic (exact) mass is 395 g/mol. The van der Waals surface area contributed by atoms with E-state index in [1.54, 1.807) is 6.20 Å². The molecule has 5 heteroatoms. The van der Waals surface area contributed by atoms with Gasteiger partial charge in [0.25, 0.3) is 11.5 Å². The molecular formula is C25H21N3O2. The van der Waals surface area contributed by atoms with E-state index >= 15 is 0 Å². The van der Waals surface area contributed by atoms with Gasteiger partial charge in [-0.15, -0.1) is 0 Å². The van der Waals surface area contributed by atoms with Gasteiger partial charge in [0.05, 0.1) is 11.6 Å². The molecule has 1 aliphatic carbocycles. The van der Waals surface area contributed by atoms with Gasteiger partial charge < -0.3 is 4.90 Å². The first kappa shape index (κ1) is 17.4. The number of piperidine rings is 1. The lowest BCUT2D eigenvalue weighted by Gasteiger charge is -2.27. The number of aromatic nitrogens is 2. The van der Waals surface area contributed by atoms with E-state index in [0.717, 1.165) is 51.7 Å². The quantitative estimate of drug-likeness (QED) is 0.548. The highest BCUT2D eigenvalue weighted by atomic mass is 16.2. The Morgan fingerprint density at radius 3 is 2.87 bits per heavy atom. The number of likely N-dealkylation sites (tertiary alicyclic amines) is 1. The Kier molecular flexibility index (Phi) is 3.78. The normalized spacial score (nSPS) is 20.3. The molecule has 6 rings (SSSR count). The molecule has 1 saturated heterocycles. The van der Waals surface area contributed by atoms with E-state index in [9.17, 15) is 9.59 Å². The Balaban J connectivity index is 1.41. The Morgan fingerprint density at radius 1 is 1.03 bits per heavy atom. The van der Waals surface area contributed by atoms with Crippen molar-refractivity contribution in [3.8, 4) is 11.1 Å². The molecule has 30 heavy (non-hydrogen) atoms. The summed E-state index contributed by atoms with van der Waals surface area (Å²) in [6, 6.07) is 18.4. The number of nitrogens with one attached hydrogen (secondary N) is 1. The van der Waals surface area contributed by atoms with Gasteiger partial charge in [0.1, 0.15) is 0 Å².